The van der Waals surface area contributed by atoms with Crippen LogP contribution in [0, 0.1) is 0 Å². The minimum absolute atomic E-state index is 0.169. The Kier molecular flexibility index (Phi) is 5.93. The van der Waals surface area contributed by atoms with E-state index >= 15 is 0 Å². The SMILES string of the molecule is C=CCCC(c1cc(C(F)(F)F)nn1-c1ccc(S(N)(=O)=O)cc1)C1Oc2ccccc2O1. The van der Waals surface area contributed by atoms with Gasteiger partial charge in [-0.3, -0.25) is 0 Å². The van der Waals surface area contributed by atoms with E-state index in [1.165, 1.54) is 24.3 Å². The number of nitrogens with two attached hydrogens (primary N) is 1. The first kappa shape index (κ1) is 22.9. The molecule has 174 valence electrons. The van der Waals surface area contributed by atoms with Gasteiger partial charge in [0, 0.05) is 0 Å². The van der Waals surface area contributed by atoms with E-state index in [4.69, 9.17) is 14.6 Å². The average molecular weight is 479 g/mol. The van der Waals surface area contributed by atoms with Crippen LogP contribution in [-0.4, -0.2) is 24.5 Å². The molecule has 2 N–H and O–H groups in total. The van der Waals surface area contributed by atoms with Crippen LogP contribution in [0.2, 0.25) is 0 Å². The van der Waals surface area contributed by atoms with Crippen molar-refractivity contribution < 1.29 is 31.1 Å². The quantitative estimate of drug-likeness (QED) is 0.507. The topological polar surface area (TPSA) is 96.4 Å². The van der Waals surface area contributed by atoms with E-state index in [0.29, 0.717) is 24.3 Å². The van der Waals surface area contributed by atoms with Gasteiger partial charge >= 0.3 is 6.18 Å². The number of sulfonamides is 1. The maximum atomic E-state index is 13.6. The second-order valence-electron chi connectivity index (χ2n) is 7.43. The van der Waals surface area contributed by atoms with Crippen LogP contribution in [0.4, 0.5) is 13.2 Å². The summed E-state index contributed by atoms with van der Waals surface area (Å²) in [5.41, 5.74) is -0.663. The van der Waals surface area contributed by atoms with Crippen molar-refractivity contribution in [3.05, 3.63) is 78.6 Å². The van der Waals surface area contributed by atoms with E-state index in [1.807, 2.05) is 0 Å². The molecule has 0 radical (unpaired) electrons. The maximum Gasteiger partial charge on any atom is 0.435 e. The van der Waals surface area contributed by atoms with E-state index in [9.17, 15) is 21.6 Å². The van der Waals surface area contributed by atoms with Crippen LogP contribution in [0.15, 0.2) is 72.1 Å². The van der Waals surface area contributed by atoms with Gasteiger partial charge in [0.25, 0.3) is 0 Å². The Hall–Kier alpha value is -3.31. The Balaban J connectivity index is 1.79. The molecule has 11 heteroatoms. The molecule has 0 spiro atoms. The number of rotatable bonds is 7. The summed E-state index contributed by atoms with van der Waals surface area (Å²) in [5.74, 6) is 0.341. The predicted octanol–water partition coefficient (Wildman–Crippen LogP) is 4.39. The van der Waals surface area contributed by atoms with E-state index < -0.39 is 34.1 Å². The summed E-state index contributed by atoms with van der Waals surface area (Å²) < 4.78 is 76.8. The van der Waals surface area contributed by atoms with Crippen LogP contribution >= 0.6 is 0 Å². The molecule has 0 fully saturated rings. The largest absolute Gasteiger partial charge is 0.450 e. The van der Waals surface area contributed by atoms with Gasteiger partial charge in [0.05, 0.1) is 22.2 Å². The third kappa shape index (κ3) is 4.74. The molecule has 1 unspecified atom stereocenters. The lowest BCUT2D eigenvalue weighted by Gasteiger charge is -2.23. The number of para-hydroxylation sites is 2. The number of aromatic nitrogens is 2. The highest BCUT2D eigenvalue weighted by molar-refractivity contribution is 7.89. The highest BCUT2D eigenvalue weighted by Crippen LogP contribution is 2.42. The highest BCUT2D eigenvalue weighted by Gasteiger charge is 2.40. The molecule has 0 saturated heterocycles. The lowest BCUT2D eigenvalue weighted by molar-refractivity contribution is -0.141. The third-order valence-electron chi connectivity index (χ3n) is 5.16. The van der Waals surface area contributed by atoms with Crippen LogP contribution in [0.1, 0.15) is 30.1 Å². The molecular weight excluding hydrogens is 459 g/mol. The zero-order chi connectivity index (χ0) is 23.8. The zero-order valence-corrected chi connectivity index (χ0v) is 18.0. The molecule has 7 nitrogen and oxygen atoms in total. The summed E-state index contributed by atoms with van der Waals surface area (Å²) in [6.07, 6.45) is -3.06. The molecule has 3 aromatic rings. The van der Waals surface area contributed by atoms with Crippen molar-refractivity contribution in [3.8, 4) is 17.2 Å². The Morgan fingerprint density at radius 1 is 1.12 bits per heavy atom. The smallest absolute Gasteiger partial charge is 0.435 e. The number of hydrogen-bond donors (Lipinski definition) is 1. The number of allylic oxidation sites excluding steroid dienone is 1. The first-order chi connectivity index (χ1) is 15.6. The summed E-state index contributed by atoms with van der Waals surface area (Å²) >= 11 is 0. The monoisotopic (exact) mass is 479 g/mol. The molecule has 1 aromatic heterocycles. The number of nitrogens with zero attached hydrogens (tertiary/aromatic N) is 2. The fourth-order valence-electron chi connectivity index (χ4n) is 3.59. The molecular formula is C22H20F3N3O4S. The Morgan fingerprint density at radius 2 is 1.73 bits per heavy atom. The van der Waals surface area contributed by atoms with Gasteiger partial charge in [0.2, 0.25) is 16.3 Å². The number of ether oxygens (including phenoxy) is 2. The van der Waals surface area contributed by atoms with Gasteiger partial charge in [0.1, 0.15) is 0 Å². The summed E-state index contributed by atoms with van der Waals surface area (Å²) in [5, 5.41) is 8.89. The van der Waals surface area contributed by atoms with Gasteiger partial charge in [-0.2, -0.15) is 18.3 Å². The Morgan fingerprint density at radius 3 is 2.24 bits per heavy atom. The van der Waals surface area contributed by atoms with Crippen LogP contribution in [0.3, 0.4) is 0 Å². The van der Waals surface area contributed by atoms with Crippen molar-refractivity contribution in [1.82, 2.24) is 9.78 Å². The van der Waals surface area contributed by atoms with Crippen molar-refractivity contribution in [2.75, 3.05) is 0 Å². The van der Waals surface area contributed by atoms with Gasteiger partial charge in [-0.25, -0.2) is 18.2 Å². The molecule has 1 aliphatic rings. The number of alkyl halides is 3. The number of benzene rings is 2. The minimum Gasteiger partial charge on any atom is -0.450 e. The fourth-order valence-corrected chi connectivity index (χ4v) is 4.10. The summed E-state index contributed by atoms with van der Waals surface area (Å²) in [6, 6.07) is 13.0. The second-order valence-corrected chi connectivity index (χ2v) is 8.99. The van der Waals surface area contributed by atoms with E-state index in [1.54, 1.807) is 30.3 Å². The number of fused-ring (bicyclic) bond motifs is 1. The Bertz CT molecular complexity index is 1250. The minimum atomic E-state index is -4.69. The van der Waals surface area contributed by atoms with Crippen LogP contribution in [0.25, 0.3) is 5.69 Å². The van der Waals surface area contributed by atoms with Crippen LogP contribution in [-0.2, 0) is 16.2 Å². The third-order valence-corrected chi connectivity index (χ3v) is 6.09. The van der Waals surface area contributed by atoms with E-state index in [-0.39, 0.29) is 16.3 Å². The standard InChI is InChI=1S/C22H20F3N3O4S/c1-2-3-6-16(21-31-18-7-4-5-8-19(18)32-21)17-13-20(22(23,24)25)27-28(17)14-9-11-15(12-10-14)33(26,29)30/h2,4-5,7-13,16,21H,1,3,6H2,(H2,26,29,30). The molecule has 33 heavy (non-hydrogen) atoms. The summed E-state index contributed by atoms with van der Waals surface area (Å²) in [6.45, 7) is 3.70. The molecule has 2 heterocycles. The number of halogens is 3. The zero-order valence-electron chi connectivity index (χ0n) is 17.2. The van der Waals surface area contributed by atoms with Crippen molar-refractivity contribution in [1.29, 1.82) is 0 Å². The first-order valence-electron chi connectivity index (χ1n) is 9.91. The van der Waals surface area contributed by atoms with Crippen LogP contribution in [0.5, 0.6) is 11.5 Å². The predicted molar refractivity (Wildman–Crippen MR) is 114 cm³/mol. The number of primary sulfonamides is 1. The first-order valence-corrected chi connectivity index (χ1v) is 11.5. The Labute approximate surface area is 188 Å². The van der Waals surface area contributed by atoms with E-state index in [0.717, 1.165) is 10.7 Å². The van der Waals surface area contributed by atoms with Gasteiger partial charge < -0.3 is 9.47 Å². The average Bonchev–Trinajstić information content (AvgIpc) is 3.38. The molecule has 0 amide bonds. The van der Waals surface area contributed by atoms with Crippen molar-refractivity contribution in [3.63, 3.8) is 0 Å². The number of hydrogen-bond acceptors (Lipinski definition) is 5. The summed E-state index contributed by atoms with van der Waals surface area (Å²) in [4.78, 5) is -0.169. The lowest BCUT2D eigenvalue weighted by atomic mass is 9.97. The lowest BCUT2D eigenvalue weighted by Crippen LogP contribution is -2.29. The molecule has 4 rings (SSSR count). The molecule has 1 aliphatic heterocycles. The molecule has 1 atom stereocenters. The fraction of sp³-hybridized carbons (Fsp3) is 0.227. The molecule has 0 aliphatic carbocycles. The molecule has 2 aromatic carbocycles. The van der Waals surface area contributed by atoms with Gasteiger partial charge in [0.15, 0.2) is 17.2 Å². The van der Waals surface area contributed by atoms with Crippen molar-refractivity contribution in [2.45, 2.75) is 36.1 Å². The van der Waals surface area contributed by atoms with Gasteiger partial charge in [-0.15, -0.1) is 6.58 Å². The maximum absolute atomic E-state index is 13.6. The van der Waals surface area contributed by atoms with Crippen molar-refractivity contribution >= 4 is 10.0 Å². The van der Waals surface area contributed by atoms with Crippen LogP contribution < -0.4 is 14.6 Å². The van der Waals surface area contributed by atoms with Gasteiger partial charge in [-0.1, -0.05) is 18.2 Å². The molecule has 0 saturated carbocycles. The molecule has 0 bridgehead atoms. The summed E-state index contributed by atoms with van der Waals surface area (Å²) in [7, 11) is -3.96. The highest BCUT2D eigenvalue weighted by atomic mass is 32.2. The second kappa shape index (κ2) is 8.56. The van der Waals surface area contributed by atoms with E-state index in [2.05, 4.69) is 11.7 Å². The van der Waals surface area contributed by atoms with Crippen molar-refractivity contribution in [2.24, 2.45) is 5.14 Å². The normalized spacial score (nSPS) is 14.9. The van der Waals surface area contributed by atoms with Gasteiger partial charge in [-0.05, 0) is 55.3 Å².